The van der Waals surface area contributed by atoms with Crippen LogP contribution in [0.25, 0.3) is 11.3 Å². The topological polar surface area (TPSA) is 72.9 Å². The molecule has 3 rings (SSSR count). The lowest BCUT2D eigenvalue weighted by molar-refractivity contribution is -0.115. The van der Waals surface area contributed by atoms with Gasteiger partial charge in [0, 0.05) is 18.7 Å². The van der Waals surface area contributed by atoms with Gasteiger partial charge in [0.25, 0.3) is 0 Å². The molecule has 1 amide bonds. The van der Waals surface area contributed by atoms with Crippen molar-refractivity contribution in [2.24, 2.45) is 7.05 Å². The van der Waals surface area contributed by atoms with E-state index in [-0.39, 0.29) is 5.91 Å². The molecule has 5 heteroatoms. The number of rotatable bonds is 1. The van der Waals surface area contributed by atoms with E-state index in [4.69, 9.17) is 5.73 Å². The van der Waals surface area contributed by atoms with Crippen LogP contribution in [0.15, 0.2) is 12.1 Å². The van der Waals surface area contributed by atoms with Crippen LogP contribution in [0.3, 0.4) is 0 Å². The molecular formula is C14H16N4O. The van der Waals surface area contributed by atoms with Gasteiger partial charge in [0.15, 0.2) is 0 Å². The highest BCUT2D eigenvalue weighted by atomic mass is 16.1. The van der Waals surface area contributed by atoms with Gasteiger partial charge in [-0.1, -0.05) is 6.07 Å². The summed E-state index contributed by atoms with van der Waals surface area (Å²) < 4.78 is 1.64. The molecule has 1 aromatic carbocycles. The Balaban J connectivity index is 2.29. The first-order valence-corrected chi connectivity index (χ1v) is 6.20. The highest BCUT2D eigenvalue weighted by molar-refractivity contribution is 6.04. The smallest absolute Gasteiger partial charge is 0.228 e. The summed E-state index contributed by atoms with van der Waals surface area (Å²) in [6.07, 6.45) is 0.436. The first kappa shape index (κ1) is 11.8. The summed E-state index contributed by atoms with van der Waals surface area (Å²) in [6, 6.07) is 3.91. The van der Waals surface area contributed by atoms with Crippen molar-refractivity contribution in [2.75, 3.05) is 11.1 Å². The number of aryl methyl sites for hydroxylation is 2. The van der Waals surface area contributed by atoms with Crippen LogP contribution < -0.4 is 11.1 Å². The Kier molecular flexibility index (Phi) is 2.38. The first-order valence-electron chi connectivity index (χ1n) is 6.20. The number of nitrogens with zero attached hydrogens (tertiary/aromatic N) is 2. The molecular weight excluding hydrogens is 240 g/mol. The van der Waals surface area contributed by atoms with Crippen LogP contribution >= 0.6 is 0 Å². The van der Waals surface area contributed by atoms with Gasteiger partial charge in [-0.15, -0.1) is 0 Å². The van der Waals surface area contributed by atoms with E-state index in [1.807, 2.05) is 27.0 Å². The lowest BCUT2D eigenvalue weighted by Crippen LogP contribution is -2.05. The molecule has 0 unspecified atom stereocenters. The van der Waals surface area contributed by atoms with Crippen molar-refractivity contribution in [3.05, 3.63) is 28.8 Å². The van der Waals surface area contributed by atoms with E-state index in [9.17, 15) is 4.79 Å². The molecule has 0 radical (unpaired) electrons. The first-order chi connectivity index (χ1) is 8.97. The molecule has 0 saturated carbocycles. The van der Waals surface area contributed by atoms with Gasteiger partial charge in [0.2, 0.25) is 5.91 Å². The Morgan fingerprint density at radius 2 is 2.11 bits per heavy atom. The zero-order valence-electron chi connectivity index (χ0n) is 11.2. The Morgan fingerprint density at radius 3 is 2.74 bits per heavy atom. The van der Waals surface area contributed by atoms with Crippen LogP contribution in [-0.2, 0) is 18.3 Å². The van der Waals surface area contributed by atoms with E-state index in [1.54, 1.807) is 4.68 Å². The number of anilines is 2. The van der Waals surface area contributed by atoms with Crippen LogP contribution in [0.1, 0.15) is 16.7 Å². The zero-order chi connectivity index (χ0) is 13.7. The predicted molar refractivity (Wildman–Crippen MR) is 74.9 cm³/mol. The van der Waals surface area contributed by atoms with Crippen molar-refractivity contribution in [3.8, 4) is 11.3 Å². The molecule has 0 atom stereocenters. The lowest BCUT2D eigenvalue weighted by atomic mass is 9.95. The maximum absolute atomic E-state index is 11.6. The van der Waals surface area contributed by atoms with Gasteiger partial charge in [-0.05, 0) is 30.5 Å². The highest BCUT2D eigenvalue weighted by Crippen LogP contribution is 2.38. The maximum Gasteiger partial charge on any atom is 0.228 e. The summed E-state index contributed by atoms with van der Waals surface area (Å²) in [7, 11) is 1.81. The molecule has 5 nitrogen and oxygen atoms in total. The second-order valence-corrected chi connectivity index (χ2v) is 5.03. The van der Waals surface area contributed by atoms with Crippen molar-refractivity contribution in [1.82, 2.24) is 9.78 Å². The molecule has 98 valence electrons. The molecule has 1 aliphatic rings. The third-order valence-electron chi connectivity index (χ3n) is 3.72. The van der Waals surface area contributed by atoms with Crippen molar-refractivity contribution in [2.45, 2.75) is 20.3 Å². The Morgan fingerprint density at radius 1 is 1.37 bits per heavy atom. The van der Waals surface area contributed by atoms with Crippen molar-refractivity contribution < 1.29 is 4.79 Å². The number of hydrogen-bond donors (Lipinski definition) is 2. The maximum atomic E-state index is 11.6. The number of amides is 1. The number of fused-ring (bicyclic) bond motifs is 1. The third-order valence-corrected chi connectivity index (χ3v) is 3.72. The molecule has 0 fully saturated rings. The van der Waals surface area contributed by atoms with E-state index in [0.717, 1.165) is 33.6 Å². The molecule has 1 aliphatic heterocycles. The molecule has 0 spiro atoms. The molecule has 0 bridgehead atoms. The van der Waals surface area contributed by atoms with Crippen LogP contribution in [0.2, 0.25) is 0 Å². The minimum Gasteiger partial charge on any atom is -0.384 e. The molecule has 1 aromatic heterocycles. The summed E-state index contributed by atoms with van der Waals surface area (Å²) in [4.78, 5) is 11.6. The number of carbonyl (C=O) groups excluding carboxylic acids is 1. The SMILES string of the molecule is Cc1cc2c(c(-c3cc(N)n(C)n3)c1C)NC(=O)C2. The quantitative estimate of drug-likeness (QED) is 0.816. The van der Waals surface area contributed by atoms with Crippen LogP contribution in [-0.4, -0.2) is 15.7 Å². The van der Waals surface area contributed by atoms with Crippen molar-refractivity contribution >= 4 is 17.4 Å². The van der Waals surface area contributed by atoms with Gasteiger partial charge in [-0.25, -0.2) is 0 Å². The fourth-order valence-corrected chi connectivity index (χ4v) is 2.55. The number of nitrogens with one attached hydrogen (secondary N) is 1. The molecule has 2 aromatic rings. The normalized spacial score (nSPS) is 13.5. The summed E-state index contributed by atoms with van der Waals surface area (Å²) in [5.74, 6) is 0.638. The number of nitrogen functional groups attached to an aromatic ring is 1. The summed E-state index contributed by atoms with van der Waals surface area (Å²) in [5.41, 5.74) is 11.8. The molecule has 3 N–H and O–H groups in total. The molecule has 19 heavy (non-hydrogen) atoms. The third kappa shape index (κ3) is 1.69. The van der Waals surface area contributed by atoms with Gasteiger partial charge in [0.1, 0.15) is 5.82 Å². The summed E-state index contributed by atoms with van der Waals surface area (Å²) in [6.45, 7) is 4.09. The number of carbonyl (C=O) groups is 1. The second-order valence-electron chi connectivity index (χ2n) is 5.03. The standard InChI is InChI=1S/C14H16N4O/c1-7-4-9-5-12(19)16-14(9)13(8(7)2)10-6-11(15)18(3)17-10/h4,6H,5,15H2,1-3H3,(H,16,19). The fourth-order valence-electron chi connectivity index (χ4n) is 2.55. The van der Waals surface area contributed by atoms with Gasteiger partial charge >= 0.3 is 0 Å². The number of benzene rings is 1. The van der Waals surface area contributed by atoms with E-state index in [2.05, 4.69) is 16.5 Å². The average molecular weight is 256 g/mol. The van der Waals surface area contributed by atoms with Crippen molar-refractivity contribution in [1.29, 1.82) is 0 Å². The molecule has 0 saturated heterocycles. The number of hydrogen-bond acceptors (Lipinski definition) is 3. The number of nitrogens with two attached hydrogens (primary N) is 1. The van der Waals surface area contributed by atoms with Crippen molar-refractivity contribution in [3.63, 3.8) is 0 Å². The van der Waals surface area contributed by atoms with Gasteiger partial charge < -0.3 is 11.1 Å². The Hall–Kier alpha value is -2.30. The monoisotopic (exact) mass is 256 g/mol. The summed E-state index contributed by atoms with van der Waals surface area (Å²) in [5, 5.41) is 7.36. The van der Waals surface area contributed by atoms with Gasteiger partial charge in [-0.2, -0.15) is 5.10 Å². The molecule has 0 aliphatic carbocycles. The minimum absolute atomic E-state index is 0.0325. The number of aromatic nitrogens is 2. The average Bonchev–Trinajstić information content (AvgIpc) is 2.84. The fraction of sp³-hybridized carbons (Fsp3) is 0.286. The zero-order valence-corrected chi connectivity index (χ0v) is 11.2. The van der Waals surface area contributed by atoms with Crippen LogP contribution in [0.4, 0.5) is 11.5 Å². The van der Waals surface area contributed by atoms with Gasteiger partial charge in [0.05, 0.1) is 17.8 Å². The molecule has 2 heterocycles. The largest absolute Gasteiger partial charge is 0.384 e. The van der Waals surface area contributed by atoms with E-state index in [1.165, 1.54) is 0 Å². The van der Waals surface area contributed by atoms with E-state index >= 15 is 0 Å². The second kappa shape index (κ2) is 3.85. The van der Waals surface area contributed by atoms with Crippen LogP contribution in [0.5, 0.6) is 0 Å². The van der Waals surface area contributed by atoms with Gasteiger partial charge in [-0.3, -0.25) is 9.48 Å². The lowest BCUT2D eigenvalue weighted by Gasteiger charge is -2.12. The minimum atomic E-state index is 0.0325. The van der Waals surface area contributed by atoms with Crippen LogP contribution in [0, 0.1) is 13.8 Å². The Labute approximate surface area is 111 Å². The van der Waals surface area contributed by atoms with E-state index in [0.29, 0.717) is 12.2 Å². The summed E-state index contributed by atoms with van der Waals surface area (Å²) >= 11 is 0. The highest BCUT2D eigenvalue weighted by Gasteiger charge is 2.25. The van der Waals surface area contributed by atoms with E-state index < -0.39 is 0 Å². The Bertz CT molecular complexity index is 680. The predicted octanol–water partition coefficient (Wildman–Crippen LogP) is 1.78.